The molecule has 31 heavy (non-hydrogen) atoms. The van der Waals surface area contributed by atoms with Gasteiger partial charge in [0.1, 0.15) is 6.10 Å². The average molecular weight is 452 g/mol. The lowest BCUT2D eigenvalue weighted by atomic mass is 9.44. The number of hydrogen-bond acceptors (Lipinski definition) is 5. The first-order valence-corrected chi connectivity index (χ1v) is 12.3. The van der Waals surface area contributed by atoms with Crippen LogP contribution in [0.1, 0.15) is 78.1 Å². The quantitative estimate of drug-likeness (QED) is 0.505. The summed E-state index contributed by atoms with van der Waals surface area (Å²) in [4.78, 5) is 39.3. The van der Waals surface area contributed by atoms with Gasteiger partial charge in [0.15, 0.2) is 0 Å². The molecule has 4 saturated carbocycles. The number of halogens is 1. The fourth-order valence-corrected chi connectivity index (χ4v) is 8.14. The Labute approximate surface area is 192 Å². The summed E-state index contributed by atoms with van der Waals surface area (Å²) in [6, 6.07) is 0. The molecule has 0 spiro atoms. The minimum Gasteiger partial charge on any atom is -0.462 e. The second-order valence-electron chi connectivity index (χ2n) is 11.5. The molecule has 174 valence electrons. The van der Waals surface area contributed by atoms with E-state index in [2.05, 4.69) is 19.2 Å². The van der Waals surface area contributed by atoms with Crippen molar-refractivity contribution in [2.45, 2.75) is 84.2 Å². The van der Waals surface area contributed by atoms with E-state index in [1.807, 2.05) is 0 Å². The molecular weight excluding hydrogens is 414 g/mol. The van der Waals surface area contributed by atoms with E-state index in [4.69, 9.17) is 4.74 Å². The van der Waals surface area contributed by atoms with E-state index in [0.717, 1.165) is 45.1 Å². The molecule has 1 heterocycles. The molecular formula is C25H38ClNO4. The molecule has 1 saturated heterocycles. The molecule has 0 amide bonds. The molecule has 1 N–H and O–H groups in total. The van der Waals surface area contributed by atoms with Crippen LogP contribution in [0.15, 0.2) is 0 Å². The summed E-state index contributed by atoms with van der Waals surface area (Å²) in [5.74, 6) is -0.0664. The Morgan fingerprint density at radius 2 is 1.77 bits per heavy atom. The Bertz CT molecular complexity index is 750. The number of Topliss-reactive ketones (excluding diaryl/α,β-unsaturated/α-hetero) is 2. The first-order chi connectivity index (χ1) is 14.3. The Kier molecular flexibility index (Phi) is 6.33. The molecule has 5 fully saturated rings. The summed E-state index contributed by atoms with van der Waals surface area (Å²) in [5, 5.41) is 3.27. The van der Waals surface area contributed by atoms with Crippen molar-refractivity contribution < 1.29 is 19.1 Å². The molecule has 0 aromatic carbocycles. The van der Waals surface area contributed by atoms with E-state index in [-0.39, 0.29) is 64.6 Å². The van der Waals surface area contributed by atoms with Gasteiger partial charge in [-0.1, -0.05) is 20.3 Å². The highest BCUT2D eigenvalue weighted by Crippen LogP contribution is 2.64. The van der Waals surface area contributed by atoms with Gasteiger partial charge in [-0.25, -0.2) is 0 Å². The zero-order valence-corrected chi connectivity index (χ0v) is 19.8. The molecule has 5 aliphatic rings. The summed E-state index contributed by atoms with van der Waals surface area (Å²) in [7, 11) is 0. The summed E-state index contributed by atoms with van der Waals surface area (Å²) in [6.07, 6.45) is 9.68. The standard InChI is InChI=1S/C25H37NO4.ClH/c1-24-9-3-6-17(24)20-18(8-10-24)25(2)11-7-16(13-19(25)21(27)22(20)28)30-23(29)15-5-4-12-26-14-15;/h15-20,26H,3-14H2,1-2H3;1H/t15-,16?,17+,18-,19?,20+,24+,25-;/m1./s1. The highest BCUT2D eigenvalue weighted by Gasteiger charge is 2.64. The maximum Gasteiger partial charge on any atom is 0.310 e. The van der Waals surface area contributed by atoms with E-state index in [1.54, 1.807) is 0 Å². The molecule has 2 unspecified atom stereocenters. The molecule has 0 aromatic heterocycles. The number of piperidine rings is 1. The normalized spacial score (nSPS) is 46.9. The molecule has 0 aromatic rings. The number of carbonyl (C=O) groups is 3. The third kappa shape index (κ3) is 3.68. The number of rotatable bonds is 2. The molecule has 8 atom stereocenters. The number of ketones is 2. The van der Waals surface area contributed by atoms with Gasteiger partial charge in [-0.05, 0) is 87.0 Å². The number of fused-ring (bicyclic) bond motifs is 5. The molecule has 4 aliphatic carbocycles. The van der Waals surface area contributed by atoms with Crippen molar-refractivity contribution in [2.75, 3.05) is 13.1 Å². The number of esters is 1. The number of carbonyl (C=O) groups excluding carboxylic acids is 3. The molecule has 0 radical (unpaired) electrons. The summed E-state index contributed by atoms with van der Waals surface area (Å²) in [6.45, 7) is 6.27. The molecule has 1 aliphatic heterocycles. The Morgan fingerprint density at radius 1 is 0.968 bits per heavy atom. The zero-order chi connectivity index (χ0) is 21.1. The third-order valence-corrected chi connectivity index (χ3v) is 9.97. The van der Waals surface area contributed by atoms with Crippen LogP contribution in [0, 0.1) is 40.4 Å². The third-order valence-electron chi connectivity index (χ3n) is 9.97. The van der Waals surface area contributed by atoms with E-state index in [0.29, 0.717) is 24.8 Å². The van der Waals surface area contributed by atoms with Gasteiger partial charge in [0.25, 0.3) is 0 Å². The Balaban J connectivity index is 0.00000231. The van der Waals surface area contributed by atoms with Crippen LogP contribution >= 0.6 is 12.4 Å². The number of hydrogen-bond donors (Lipinski definition) is 1. The van der Waals surface area contributed by atoms with Crippen LogP contribution in [-0.4, -0.2) is 36.7 Å². The predicted molar refractivity (Wildman–Crippen MR) is 120 cm³/mol. The maximum absolute atomic E-state index is 13.4. The van der Waals surface area contributed by atoms with Gasteiger partial charge < -0.3 is 10.1 Å². The smallest absolute Gasteiger partial charge is 0.310 e. The molecule has 6 heteroatoms. The van der Waals surface area contributed by atoms with Crippen molar-refractivity contribution in [3.63, 3.8) is 0 Å². The van der Waals surface area contributed by atoms with Crippen molar-refractivity contribution in [3.05, 3.63) is 0 Å². The lowest BCUT2D eigenvalue weighted by Gasteiger charge is -2.58. The van der Waals surface area contributed by atoms with Crippen molar-refractivity contribution in [3.8, 4) is 0 Å². The number of nitrogens with one attached hydrogen (secondary N) is 1. The highest BCUT2D eigenvalue weighted by molar-refractivity contribution is 6.39. The minimum absolute atomic E-state index is 0. The molecule has 5 nitrogen and oxygen atoms in total. The molecule has 0 bridgehead atoms. The first-order valence-electron chi connectivity index (χ1n) is 12.3. The van der Waals surface area contributed by atoms with Crippen molar-refractivity contribution in [2.24, 2.45) is 40.4 Å². The van der Waals surface area contributed by atoms with Crippen molar-refractivity contribution >= 4 is 29.9 Å². The largest absolute Gasteiger partial charge is 0.462 e. The van der Waals surface area contributed by atoms with Gasteiger partial charge in [0.2, 0.25) is 11.6 Å². The monoisotopic (exact) mass is 451 g/mol. The zero-order valence-electron chi connectivity index (χ0n) is 19.0. The van der Waals surface area contributed by atoms with E-state index in [9.17, 15) is 14.4 Å². The van der Waals surface area contributed by atoms with Crippen LogP contribution in [0.4, 0.5) is 0 Å². The fourth-order valence-electron chi connectivity index (χ4n) is 8.14. The van der Waals surface area contributed by atoms with Gasteiger partial charge >= 0.3 is 5.97 Å². The van der Waals surface area contributed by atoms with Gasteiger partial charge in [-0.3, -0.25) is 14.4 Å². The second-order valence-corrected chi connectivity index (χ2v) is 11.5. The van der Waals surface area contributed by atoms with Crippen LogP contribution in [0.5, 0.6) is 0 Å². The Morgan fingerprint density at radius 3 is 2.52 bits per heavy atom. The first kappa shape index (κ1) is 23.2. The lowest BCUT2D eigenvalue weighted by Crippen LogP contribution is -2.60. The Hall–Kier alpha value is -0.940. The van der Waals surface area contributed by atoms with Gasteiger partial charge in [-0.2, -0.15) is 0 Å². The fraction of sp³-hybridized carbons (Fsp3) is 0.880. The van der Waals surface area contributed by atoms with E-state index < -0.39 is 0 Å². The lowest BCUT2D eigenvalue weighted by molar-refractivity contribution is -0.176. The van der Waals surface area contributed by atoms with Crippen LogP contribution in [0.25, 0.3) is 0 Å². The van der Waals surface area contributed by atoms with Gasteiger partial charge in [0, 0.05) is 18.4 Å². The summed E-state index contributed by atoms with van der Waals surface area (Å²) < 4.78 is 5.89. The van der Waals surface area contributed by atoms with Crippen LogP contribution in [-0.2, 0) is 19.1 Å². The van der Waals surface area contributed by atoms with E-state index >= 15 is 0 Å². The molecule has 5 rings (SSSR count). The summed E-state index contributed by atoms with van der Waals surface area (Å²) in [5.41, 5.74) is 0.135. The topological polar surface area (TPSA) is 72.5 Å². The van der Waals surface area contributed by atoms with Crippen molar-refractivity contribution in [1.29, 1.82) is 0 Å². The van der Waals surface area contributed by atoms with Gasteiger partial charge in [0.05, 0.1) is 5.92 Å². The SMILES string of the molecule is C[C@@]12CCC[C@H]1[C@@H]1C(=O)C(=O)C3CC(OC(=O)[C@@H]4CCCNC4)CC[C@]3(C)[C@@H]1CC2.Cl. The van der Waals surface area contributed by atoms with E-state index in [1.165, 1.54) is 19.3 Å². The predicted octanol–water partition coefficient (Wildman–Crippen LogP) is 4.11. The average Bonchev–Trinajstić information content (AvgIpc) is 3.15. The van der Waals surface area contributed by atoms with Gasteiger partial charge in [-0.15, -0.1) is 12.4 Å². The minimum atomic E-state index is -0.270. The van der Waals surface area contributed by atoms with Crippen LogP contribution in [0.3, 0.4) is 0 Å². The highest BCUT2D eigenvalue weighted by atomic mass is 35.5. The maximum atomic E-state index is 13.4. The summed E-state index contributed by atoms with van der Waals surface area (Å²) >= 11 is 0. The van der Waals surface area contributed by atoms with Crippen LogP contribution < -0.4 is 5.32 Å². The number of ether oxygens (including phenoxy) is 1. The van der Waals surface area contributed by atoms with Crippen LogP contribution in [0.2, 0.25) is 0 Å². The van der Waals surface area contributed by atoms with Crippen molar-refractivity contribution in [1.82, 2.24) is 5.32 Å². The second kappa shape index (κ2) is 8.44.